The van der Waals surface area contributed by atoms with Gasteiger partial charge in [-0.1, -0.05) is 34.5 Å². The van der Waals surface area contributed by atoms with Crippen molar-refractivity contribution in [3.63, 3.8) is 0 Å². The van der Waals surface area contributed by atoms with Crippen molar-refractivity contribution in [1.29, 1.82) is 0 Å². The van der Waals surface area contributed by atoms with E-state index >= 15 is 0 Å². The molecule has 5 nitrogen and oxygen atoms in total. The average Bonchev–Trinajstić information content (AvgIpc) is 2.33. The van der Waals surface area contributed by atoms with Gasteiger partial charge in [-0.3, -0.25) is 4.79 Å². The molecular formula is C12H15BrClNO4S. The fourth-order valence-electron chi connectivity index (χ4n) is 1.51. The molecule has 0 radical (unpaired) electrons. The standard InChI is InChI=1S/C12H15BrClNO4S/c1-8(12(16)17)3-2-6-15-20(18,19)11-5-4-9(13)7-10(11)14/h4-5,7-8,15H,2-3,6H2,1H3,(H,16,17). The minimum atomic E-state index is -3.68. The van der Waals surface area contributed by atoms with Crippen molar-refractivity contribution in [1.82, 2.24) is 4.72 Å². The third-order valence-electron chi connectivity index (χ3n) is 2.71. The van der Waals surface area contributed by atoms with Crippen molar-refractivity contribution in [2.45, 2.75) is 24.7 Å². The molecule has 0 saturated carbocycles. The van der Waals surface area contributed by atoms with Crippen LogP contribution >= 0.6 is 27.5 Å². The van der Waals surface area contributed by atoms with Crippen molar-refractivity contribution < 1.29 is 18.3 Å². The molecule has 8 heteroatoms. The fourth-order valence-corrected chi connectivity index (χ4v) is 3.62. The number of benzene rings is 1. The van der Waals surface area contributed by atoms with Crippen LogP contribution in [0.2, 0.25) is 5.02 Å². The molecule has 0 aliphatic heterocycles. The minimum Gasteiger partial charge on any atom is -0.481 e. The molecule has 1 aromatic rings. The number of carboxylic acids is 1. The van der Waals surface area contributed by atoms with Gasteiger partial charge in [-0.15, -0.1) is 0 Å². The summed E-state index contributed by atoms with van der Waals surface area (Å²) in [5.74, 6) is -1.38. The van der Waals surface area contributed by atoms with Gasteiger partial charge in [0.05, 0.1) is 10.9 Å². The summed E-state index contributed by atoms with van der Waals surface area (Å²) < 4.78 is 27.1. The number of sulfonamides is 1. The van der Waals surface area contributed by atoms with Crippen LogP contribution in [0, 0.1) is 5.92 Å². The summed E-state index contributed by atoms with van der Waals surface area (Å²) in [6, 6.07) is 4.50. The van der Waals surface area contributed by atoms with Gasteiger partial charge >= 0.3 is 5.97 Å². The third kappa shape index (κ3) is 5.05. The smallest absolute Gasteiger partial charge is 0.306 e. The van der Waals surface area contributed by atoms with Gasteiger partial charge < -0.3 is 5.11 Å². The Kier molecular flexibility index (Phi) is 6.44. The predicted octanol–water partition coefficient (Wildman–Crippen LogP) is 2.88. The summed E-state index contributed by atoms with van der Waals surface area (Å²) in [6.45, 7) is 1.76. The number of nitrogens with one attached hydrogen (secondary N) is 1. The van der Waals surface area contributed by atoms with Gasteiger partial charge in [0.25, 0.3) is 0 Å². The normalized spacial score (nSPS) is 13.2. The Balaban J connectivity index is 2.60. The Morgan fingerprint density at radius 2 is 2.15 bits per heavy atom. The van der Waals surface area contributed by atoms with Crippen LogP contribution in [0.15, 0.2) is 27.6 Å². The second-order valence-electron chi connectivity index (χ2n) is 4.35. The van der Waals surface area contributed by atoms with Crippen molar-refractivity contribution in [3.8, 4) is 0 Å². The lowest BCUT2D eigenvalue weighted by Gasteiger charge is -2.09. The van der Waals surface area contributed by atoms with E-state index in [9.17, 15) is 13.2 Å². The zero-order valence-electron chi connectivity index (χ0n) is 10.8. The Hall–Kier alpha value is -0.630. The van der Waals surface area contributed by atoms with E-state index in [2.05, 4.69) is 20.7 Å². The summed E-state index contributed by atoms with van der Waals surface area (Å²) in [6.07, 6.45) is 0.854. The highest BCUT2D eigenvalue weighted by Crippen LogP contribution is 2.25. The molecule has 0 aromatic heterocycles. The lowest BCUT2D eigenvalue weighted by atomic mass is 10.1. The van der Waals surface area contributed by atoms with E-state index in [4.69, 9.17) is 16.7 Å². The van der Waals surface area contributed by atoms with E-state index in [1.165, 1.54) is 12.1 Å². The average molecular weight is 385 g/mol. The summed E-state index contributed by atoms with van der Waals surface area (Å²) in [7, 11) is -3.68. The molecule has 1 aromatic carbocycles. The second kappa shape index (κ2) is 7.40. The number of halogens is 2. The molecule has 1 atom stereocenters. The molecule has 0 bridgehead atoms. The van der Waals surface area contributed by atoms with Crippen molar-refractivity contribution >= 4 is 43.5 Å². The predicted molar refractivity (Wildman–Crippen MR) is 80.4 cm³/mol. The topological polar surface area (TPSA) is 83.5 Å². The zero-order valence-corrected chi connectivity index (χ0v) is 13.9. The van der Waals surface area contributed by atoms with Gasteiger partial charge in [-0.25, -0.2) is 13.1 Å². The lowest BCUT2D eigenvalue weighted by molar-refractivity contribution is -0.141. The number of hydrogen-bond acceptors (Lipinski definition) is 3. The first-order chi connectivity index (χ1) is 9.24. The van der Waals surface area contributed by atoms with Crippen LogP contribution in [-0.4, -0.2) is 26.0 Å². The first kappa shape index (κ1) is 17.4. The van der Waals surface area contributed by atoms with E-state index < -0.39 is 21.9 Å². The summed E-state index contributed by atoms with van der Waals surface area (Å²) >= 11 is 9.09. The number of aliphatic carboxylic acids is 1. The number of hydrogen-bond donors (Lipinski definition) is 2. The van der Waals surface area contributed by atoms with Crippen molar-refractivity contribution in [2.75, 3.05) is 6.54 Å². The summed E-state index contributed by atoms with van der Waals surface area (Å²) in [4.78, 5) is 10.6. The van der Waals surface area contributed by atoms with Crippen LogP contribution in [0.4, 0.5) is 0 Å². The van der Waals surface area contributed by atoms with E-state index in [0.717, 1.165) is 0 Å². The third-order valence-corrected chi connectivity index (χ3v) is 5.15. The molecule has 0 spiro atoms. The van der Waals surface area contributed by atoms with Gasteiger partial charge in [-0.05, 0) is 31.0 Å². The largest absolute Gasteiger partial charge is 0.481 e. The number of carboxylic acid groups (broad SMARTS) is 1. The van der Waals surface area contributed by atoms with E-state index in [1.807, 2.05) is 0 Å². The van der Waals surface area contributed by atoms with Gasteiger partial charge in [0.2, 0.25) is 10.0 Å². The van der Waals surface area contributed by atoms with Crippen LogP contribution in [0.1, 0.15) is 19.8 Å². The SMILES string of the molecule is CC(CCCNS(=O)(=O)c1ccc(Br)cc1Cl)C(=O)O. The molecule has 0 aliphatic rings. The van der Waals surface area contributed by atoms with Crippen molar-refractivity contribution in [3.05, 3.63) is 27.7 Å². The molecule has 0 heterocycles. The van der Waals surface area contributed by atoms with Crippen LogP contribution in [0.5, 0.6) is 0 Å². The summed E-state index contributed by atoms with van der Waals surface area (Å²) in [5, 5.41) is 8.85. The highest BCUT2D eigenvalue weighted by Gasteiger charge is 2.18. The molecule has 2 N–H and O–H groups in total. The quantitative estimate of drug-likeness (QED) is 0.708. The molecule has 20 heavy (non-hydrogen) atoms. The van der Waals surface area contributed by atoms with Crippen molar-refractivity contribution in [2.24, 2.45) is 5.92 Å². The van der Waals surface area contributed by atoms with Crippen LogP contribution < -0.4 is 4.72 Å². The van der Waals surface area contributed by atoms with Gasteiger partial charge in [-0.2, -0.15) is 0 Å². The van der Waals surface area contributed by atoms with Crippen LogP contribution in [0.3, 0.4) is 0 Å². The number of carbonyl (C=O) groups is 1. The Bertz CT molecular complexity index is 591. The fraction of sp³-hybridized carbons (Fsp3) is 0.417. The van der Waals surface area contributed by atoms with Crippen LogP contribution in [0.25, 0.3) is 0 Å². The molecule has 0 fully saturated rings. The Morgan fingerprint density at radius 1 is 1.50 bits per heavy atom. The molecular weight excluding hydrogens is 370 g/mol. The zero-order chi connectivity index (χ0) is 15.3. The summed E-state index contributed by atoms with van der Waals surface area (Å²) in [5.41, 5.74) is 0. The maximum Gasteiger partial charge on any atom is 0.306 e. The van der Waals surface area contributed by atoms with Gasteiger partial charge in [0.15, 0.2) is 0 Å². The highest BCUT2D eigenvalue weighted by molar-refractivity contribution is 9.10. The maximum atomic E-state index is 12.0. The maximum absolute atomic E-state index is 12.0. The Labute approximate surface area is 131 Å². The monoisotopic (exact) mass is 383 g/mol. The first-order valence-corrected chi connectivity index (χ1v) is 8.57. The molecule has 0 saturated heterocycles. The molecule has 112 valence electrons. The lowest BCUT2D eigenvalue weighted by Crippen LogP contribution is -2.25. The first-order valence-electron chi connectivity index (χ1n) is 5.91. The number of rotatable bonds is 7. The van der Waals surface area contributed by atoms with Crippen LogP contribution in [-0.2, 0) is 14.8 Å². The van der Waals surface area contributed by atoms with E-state index in [-0.39, 0.29) is 16.5 Å². The molecule has 1 unspecified atom stereocenters. The van der Waals surface area contributed by atoms with E-state index in [1.54, 1.807) is 13.0 Å². The minimum absolute atomic E-state index is 0.00801. The highest BCUT2D eigenvalue weighted by atomic mass is 79.9. The van der Waals surface area contributed by atoms with Gasteiger partial charge in [0, 0.05) is 11.0 Å². The Morgan fingerprint density at radius 3 is 2.70 bits per heavy atom. The second-order valence-corrected chi connectivity index (χ2v) is 7.41. The molecule has 1 rings (SSSR count). The molecule has 0 aliphatic carbocycles. The molecule has 0 amide bonds. The van der Waals surface area contributed by atoms with Gasteiger partial charge in [0.1, 0.15) is 4.90 Å². The van der Waals surface area contributed by atoms with E-state index in [0.29, 0.717) is 17.3 Å².